The molecule has 0 saturated carbocycles. The fraction of sp³-hybridized carbons (Fsp3) is 0.0769. The summed E-state index contributed by atoms with van der Waals surface area (Å²) < 4.78 is 13.2. The first kappa shape index (κ1) is 13.2. The van der Waals surface area contributed by atoms with Gasteiger partial charge in [0.2, 0.25) is 5.91 Å². The van der Waals surface area contributed by atoms with Crippen LogP contribution in [0.25, 0.3) is 10.4 Å². The van der Waals surface area contributed by atoms with Gasteiger partial charge in [-0.3, -0.25) is 9.59 Å². The van der Waals surface area contributed by atoms with E-state index >= 15 is 0 Å². The number of amides is 2. The van der Waals surface area contributed by atoms with Gasteiger partial charge in [-0.25, -0.2) is 4.39 Å². The lowest BCUT2D eigenvalue weighted by Gasteiger charge is -1.99. The average molecular weight is 278 g/mol. The zero-order valence-electron chi connectivity index (χ0n) is 10.1. The number of carbonyl (C=O) groups excluding carboxylic acids is 2. The summed E-state index contributed by atoms with van der Waals surface area (Å²) in [6.45, 7) is 1.34. The van der Waals surface area contributed by atoms with Crippen molar-refractivity contribution in [1.82, 2.24) is 0 Å². The van der Waals surface area contributed by atoms with E-state index in [0.717, 1.165) is 0 Å². The molecule has 0 radical (unpaired) electrons. The molecule has 2 aromatic rings. The molecule has 0 saturated heterocycles. The van der Waals surface area contributed by atoms with Crippen LogP contribution in [0.2, 0.25) is 0 Å². The maximum absolute atomic E-state index is 13.2. The van der Waals surface area contributed by atoms with E-state index in [0.29, 0.717) is 15.4 Å². The number of carbonyl (C=O) groups is 2. The summed E-state index contributed by atoms with van der Waals surface area (Å²) in [6.07, 6.45) is 0. The Kier molecular flexibility index (Phi) is 3.62. The maximum atomic E-state index is 13.2. The summed E-state index contributed by atoms with van der Waals surface area (Å²) >= 11 is 1.18. The highest BCUT2D eigenvalue weighted by atomic mass is 32.1. The molecule has 4 nitrogen and oxygen atoms in total. The molecule has 1 heterocycles. The molecule has 0 bridgehead atoms. The third-order valence-electron chi connectivity index (χ3n) is 2.40. The molecule has 6 heteroatoms. The summed E-state index contributed by atoms with van der Waals surface area (Å²) in [5, 5.41) is 2.92. The zero-order valence-corrected chi connectivity index (χ0v) is 10.9. The zero-order chi connectivity index (χ0) is 14.0. The predicted octanol–water partition coefficient (Wildman–Crippen LogP) is 2.61. The van der Waals surface area contributed by atoms with Crippen molar-refractivity contribution in [2.45, 2.75) is 6.92 Å². The van der Waals surface area contributed by atoms with Gasteiger partial charge in [-0.05, 0) is 23.8 Å². The Morgan fingerprint density at radius 3 is 2.63 bits per heavy atom. The number of nitrogens with one attached hydrogen (secondary N) is 1. The van der Waals surface area contributed by atoms with Crippen LogP contribution in [0.3, 0.4) is 0 Å². The van der Waals surface area contributed by atoms with Crippen LogP contribution in [0.5, 0.6) is 0 Å². The SMILES string of the molecule is CC(=O)Nc1sc(-c2cccc(F)c2)cc1C(N)=O. The molecule has 0 aliphatic heterocycles. The van der Waals surface area contributed by atoms with Crippen molar-refractivity contribution in [2.24, 2.45) is 5.73 Å². The van der Waals surface area contributed by atoms with Crippen molar-refractivity contribution >= 4 is 28.2 Å². The molecule has 0 fully saturated rings. The number of nitrogens with two attached hydrogens (primary N) is 1. The fourth-order valence-corrected chi connectivity index (χ4v) is 2.72. The molecule has 3 N–H and O–H groups in total. The minimum atomic E-state index is -0.636. The van der Waals surface area contributed by atoms with E-state index in [1.165, 1.54) is 30.4 Å². The standard InChI is InChI=1S/C13H11FN2O2S/c1-7(17)16-13-10(12(15)18)6-11(19-13)8-3-2-4-9(14)5-8/h2-6H,1H3,(H2,15,18)(H,16,17). The second-order valence-electron chi connectivity index (χ2n) is 3.91. The van der Waals surface area contributed by atoms with Crippen molar-refractivity contribution in [3.05, 3.63) is 41.7 Å². The molecule has 0 unspecified atom stereocenters. The van der Waals surface area contributed by atoms with Crippen LogP contribution in [-0.2, 0) is 4.79 Å². The van der Waals surface area contributed by atoms with Crippen molar-refractivity contribution in [3.8, 4) is 10.4 Å². The highest BCUT2D eigenvalue weighted by Gasteiger charge is 2.15. The van der Waals surface area contributed by atoms with Gasteiger partial charge in [-0.15, -0.1) is 11.3 Å². The topological polar surface area (TPSA) is 72.2 Å². The van der Waals surface area contributed by atoms with Crippen LogP contribution in [0.4, 0.5) is 9.39 Å². The minimum absolute atomic E-state index is 0.222. The number of thiophene rings is 1. The first-order valence-corrected chi connectivity index (χ1v) is 6.26. The normalized spacial score (nSPS) is 10.2. The Bertz CT molecular complexity index is 652. The van der Waals surface area contributed by atoms with Crippen LogP contribution in [0, 0.1) is 5.82 Å². The van der Waals surface area contributed by atoms with E-state index in [9.17, 15) is 14.0 Å². The highest BCUT2D eigenvalue weighted by molar-refractivity contribution is 7.20. The third-order valence-corrected chi connectivity index (χ3v) is 3.50. The van der Waals surface area contributed by atoms with E-state index in [2.05, 4.69) is 5.32 Å². The van der Waals surface area contributed by atoms with Gasteiger partial charge >= 0.3 is 0 Å². The first-order valence-electron chi connectivity index (χ1n) is 5.44. The number of hydrogen-bond acceptors (Lipinski definition) is 3. The van der Waals surface area contributed by atoms with Crippen molar-refractivity contribution in [1.29, 1.82) is 0 Å². The summed E-state index contributed by atoms with van der Waals surface area (Å²) in [6, 6.07) is 7.53. The molecule has 0 aliphatic rings. The summed E-state index contributed by atoms with van der Waals surface area (Å²) in [7, 11) is 0. The summed E-state index contributed by atoms with van der Waals surface area (Å²) in [4.78, 5) is 23.1. The van der Waals surface area contributed by atoms with Gasteiger partial charge < -0.3 is 11.1 Å². The number of rotatable bonds is 3. The second kappa shape index (κ2) is 5.19. The van der Waals surface area contributed by atoms with Crippen LogP contribution in [0.15, 0.2) is 30.3 Å². The lowest BCUT2D eigenvalue weighted by atomic mass is 10.1. The van der Waals surface area contributed by atoms with Crippen molar-refractivity contribution in [3.63, 3.8) is 0 Å². The van der Waals surface area contributed by atoms with Gasteiger partial charge in [0.25, 0.3) is 5.91 Å². The Morgan fingerprint density at radius 1 is 1.32 bits per heavy atom. The number of benzene rings is 1. The lowest BCUT2D eigenvalue weighted by Crippen LogP contribution is -2.14. The van der Waals surface area contributed by atoms with E-state index in [-0.39, 0.29) is 17.3 Å². The molecule has 98 valence electrons. The average Bonchev–Trinajstić information content (AvgIpc) is 2.72. The fourth-order valence-electron chi connectivity index (χ4n) is 1.61. The van der Waals surface area contributed by atoms with Gasteiger partial charge in [-0.2, -0.15) is 0 Å². The second-order valence-corrected chi connectivity index (χ2v) is 4.96. The quantitative estimate of drug-likeness (QED) is 0.905. The highest BCUT2D eigenvalue weighted by Crippen LogP contribution is 2.35. The molecule has 1 aromatic carbocycles. The summed E-state index contributed by atoms with van der Waals surface area (Å²) in [5.74, 6) is -1.30. The van der Waals surface area contributed by atoms with Gasteiger partial charge in [0.15, 0.2) is 0 Å². The van der Waals surface area contributed by atoms with Crippen LogP contribution >= 0.6 is 11.3 Å². The van der Waals surface area contributed by atoms with E-state index in [1.54, 1.807) is 18.2 Å². The van der Waals surface area contributed by atoms with E-state index in [1.807, 2.05) is 0 Å². The number of anilines is 1. The monoisotopic (exact) mass is 278 g/mol. The molecule has 0 atom stereocenters. The van der Waals surface area contributed by atoms with Crippen LogP contribution < -0.4 is 11.1 Å². The first-order chi connectivity index (χ1) is 8.97. The maximum Gasteiger partial charge on any atom is 0.251 e. The number of primary amides is 1. The Balaban J connectivity index is 2.48. The van der Waals surface area contributed by atoms with E-state index in [4.69, 9.17) is 5.73 Å². The smallest absolute Gasteiger partial charge is 0.251 e. The molecular weight excluding hydrogens is 267 g/mol. The molecule has 0 aliphatic carbocycles. The Labute approximate surface area is 113 Å². The Morgan fingerprint density at radius 2 is 2.05 bits per heavy atom. The van der Waals surface area contributed by atoms with Crippen LogP contribution in [-0.4, -0.2) is 11.8 Å². The van der Waals surface area contributed by atoms with Crippen LogP contribution in [0.1, 0.15) is 17.3 Å². The van der Waals surface area contributed by atoms with Gasteiger partial charge in [0.1, 0.15) is 10.8 Å². The van der Waals surface area contributed by atoms with Crippen molar-refractivity contribution in [2.75, 3.05) is 5.32 Å². The van der Waals surface area contributed by atoms with Gasteiger partial charge in [0.05, 0.1) is 5.56 Å². The predicted molar refractivity (Wildman–Crippen MR) is 72.5 cm³/mol. The largest absolute Gasteiger partial charge is 0.366 e. The van der Waals surface area contributed by atoms with Crippen molar-refractivity contribution < 1.29 is 14.0 Å². The van der Waals surface area contributed by atoms with Gasteiger partial charge in [0, 0.05) is 11.8 Å². The number of hydrogen-bond donors (Lipinski definition) is 2. The Hall–Kier alpha value is -2.21. The lowest BCUT2D eigenvalue weighted by molar-refractivity contribution is -0.114. The molecule has 19 heavy (non-hydrogen) atoms. The molecule has 2 amide bonds. The molecule has 2 rings (SSSR count). The van der Waals surface area contributed by atoms with Gasteiger partial charge in [-0.1, -0.05) is 12.1 Å². The molecule has 1 aromatic heterocycles. The third kappa shape index (κ3) is 2.97. The minimum Gasteiger partial charge on any atom is -0.366 e. The molecular formula is C13H11FN2O2S. The molecule has 0 spiro atoms. The number of halogens is 1. The van der Waals surface area contributed by atoms with E-state index < -0.39 is 5.91 Å². The summed E-state index contributed by atoms with van der Waals surface area (Å²) in [5.41, 5.74) is 6.10.